The molecular weight excluding hydrogens is 220 g/mol. The first kappa shape index (κ1) is 12.2. The van der Waals surface area contributed by atoms with Crippen molar-refractivity contribution >= 4 is 11.7 Å². The maximum atomic E-state index is 11.6. The van der Waals surface area contributed by atoms with Crippen molar-refractivity contribution in [3.8, 4) is 0 Å². The number of carbonyl (C=O) groups excluding carboxylic acids is 1. The van der Waals surface area contributed by atoms with Gasteiger partial charge < -0.3 is 16.3 Å². The molecule has 96 valence electrons. The summed E-state index contributed by atoms with van der Waals surface area (Å²) in [6.45, 7) is 2.22. The van der Waals surface area contributed by atoms with E-state index >= 15 is 0 Å². The molecule has 2 saturated heterocycles. The number of nitrogens with one attached hydrogen (secondary N) is 1. The van der Waals surface area contributed by atoms with Crippen molar-refractivity contribution in [2.24, 2.45) is 10.9 Å². The Morgan fingerprint density at radius 2 is 2.24 bits per heavy atom. The number of oxime groups is 1. The lowest BCUT2D eigenvalue weighted by Crippen LogP contribution is -2.47. The normalized spacial score (nSPS) is 30.0. The Hall–Kier alpha value is -1.30. The zero-order valence-corrected chi connectivity index (χ0v) is 9.93. The lowest BCUT2D eigenvalue weighted by atomic mass is 9.99. The first-order chi connectivity index (χ1) is 8.20. The highest BCUT2D eigenvalue weighted by atomic mass is 16.4. The Bertz CT molecular complexity index is 319. The van der Waals surface area contributed by atoms with Gasteiger partial charge >= 0.3 is 0 Å². The van der Waals surface area contributed by atoms with Gasteiger partial charge in [0.2, 0.25) is 5.91 Å². The van der Waals surface area contributed by atoms with Gasteiger partial charge in [-0.25, -0.2) is 0 Å². The maximum absolute atomic E-state index is 11.6. The summed E-state index contributed by atoms with van der Waals surface area (Å²) < 4.78 is 0. The minimum atomic E-state index is -0.155. The van der Waals surface area contributed by atoms with Crippen LogP contribution in [-0.4, -0.2) is 47.0 Å². The summed E-state index contributed by atoms with van der Waals surface area (Å²) in [5.41, 5.74) is 5.31. The number of carbonyl (C=O) groups is 1. The predicted molar refractivity (Wildman–Crippen MR) is 63.8 cm³/mol. The van der Waals surface area contributed by atoms with Crippen molar-refractivity contribution in [3.05, 3.63) is 0 Å². The predicted octanol–water partition coefficient (Wildman–Crippen LogP) is -0.134. The van der Waals surface area contributed by atoms with Crippen LogP contribution in [-0.2, 0) is 4.79 Å². The molecule has 17 heavy (non-hydrogen) atoms. The van der Waals surface area contributed by atoms with E-state index < -0.39 is 0 Å². The summed E-state index contributed by atoms with van der Waals surface area (Å²) in [4.78, 5) is 14.1. The third-order valence-electron chi connectivity index (χ3n) is 3.67. The molecule has 1 amide bonds. The maximum Gasteiger partial charge on any atom is 0.227 e. The fraction of sp³-hybridized carbons (Fsp3) is 0.818. The highest BCUT2D eigenvalue weighted by molar-refractivity contribution is 5.98. The number of amidine groups is 1. The van der Waals surface area contributed by atoms with Crippen LogP contribution in [0.25, 0.3) is 0 Å². The molecule has 2 aliphatic heterocycles. The van der Waals surface area contributed by atoms with E-state index in [4.69, 9.17) is 10.9 Å². The molecule has 2 aliphatic rings. The van der Waals surface area contributed by atoms with Crippen LogP contribution >= 0.6 is 0 Å². The number of rotatable bonds is 3. The van der Waals surface area contributed by atoms with Crippen molar-refractivity contribution < 1.29 is 10.0 Å². The largest absolute Gasteiger partial charge is 0.409 e. The second kappa shape index (κ2) is 5.35. The molecule has 4 N–H and O–H groups in total. The molecule has 2 fully saturated rings. The number of fused-ring (bicyclic) bond motifs is 1. The van der Waals surface area contributed by atoms with Crippen molar-refractivity contribution in [3.63, 3.8) is 0 Å². The smallest absolute Gasteiger partial charge is 0.227 e. The van der Waals surface area contributed by atoms with Gasteiger partial charge in [-0.2, -0.15) is 0 Å². The Kier molecular flexibility index (Phi) is 3.83. The van der Waals surface area contributed by atoms with Crippen molar-refractivity contribution in [2.75, 3.05) is 13.1 Å². The first-order valence-electron chi connectivity index (χ1n) is 6.20. The molecule has 0 spiro atoms. The van der Waals surface area contributed by atoms with Crippen molar-refractivity contribution in [2.45, 2.75) is 44.2 Å². The number of piperidine rings is 1. The summed E-state index contributed by atoms with van der Waals surface area (Å²) in [6.07, 6.45) is 4.65. The van der Waals surface area contributed by atoms with Gasteiger partial charge in [0.15, 0.2) is 0 Å². The van der Waals surface area contributed by atoms with Crippen LogP contribution in [0.3, 0.4) is 0 Å². The van der Waals surface area contributed by atoms with Crippen LogP contribution in [0.1, 0.15) is 32.1 Å². The first-order valence-corrected chi connectivity index (χ1v) is 6.20. The fourth-order valence-electron chi connectivity index (χ4n) is 2.87. The van der Waals surface area contributed by atoms with Crippen molar-refractivity contribution in [1.29, 1.82) is 0 Å². The highest BCUT2D eigenvalue weighted by Crippen LogP contribution is 2.27. The van der Waals surface area contributed by atoms with Gasteiger partial charge in [-0.3, -0.25) is 9.69 Å². The van der Waals surface area contributed by atoms with E-state index in [9.17, 15) is 4.79 Å². The molecule has 2 atom stereocenters. The topological polar surface area (TPSA) is 91.0 Å². The molecule has 2 unspecified atom stereocenters. The molecule has 0 aromatic carbocycles. The van der Waals surface area contributed by atoms with Crippen LogP contribution in [0.15, 0.2) is 5.16 Å². The minimum Gasteiger partial charge on any atom is -0.409 e. The summed E-state index contributed by atoms with van der Waals surface area (Å²) in [7, 11) is 0. The average molecular weight is 240 g/mol. The molecule has 0 saturated carbocycles. The molecule has 0 aliphatic carbocycles. The Morgan fingerprint density at radius 3 is 3.00 bits per heavy atom. The number of hydrogen-bond donors (Lipinski definition) is 3. The standard InChI is InChI=1S/C11H20N4O2/c12-10(14-17)7-11(16)13-8-4-6-15-5-2-1-3-9(8)15/h8-9,17H,1-7H2,(H2,12,14)(H,13,16). The van der Waals surface area contributed by atoms with Gasteiger partial charge in [0, 0.05) is 18.6 Å². The number of amides is 1. The summed E-state index contributed by atoms with van der Waals surface area (Å²) >= 11 is 0. The Balaban J connectivity index is 1.85. The minimum absolute atomic E-state index is 0.0281. The van der Waals surface area contributed by atoms with Crippen LogP contribution < -0.4 is 11.1 Å². The molecule has 0 radical (unpaired) electrons. The molecule has 0 aromatic heterocycles. The molecule has 0 bridgehead atoms. The van der Waals surface area contributed by atoms with E-state index in [-0.39, 0.29) is 24.2 Å². The zero-order chi connectivity index (χ0) is 12.3. The molecule has 6 heteroatoms. The van der Waals surface area contributed by atoms with Gasteiger partial charge in [0.05, 0.1) is 6.42 Å². The van der Waals surface area contributed by atoms with Gasteiger partial charge in [-0.15, -0.1) is 0 Å². The second-order valence-electron chi connectivity index (χ2n) is 4.83. The van der Waals surface area contributed by atoms with Crippen LogP contribution in [0.4, 0.5) is 0 Å². The number of nitrogens with zero attached hydrogens (tertiary/aromatic N) is 2. The van der Waals surface area contributed by atoms with E-state index in [1.54, 1.807) is 0 Å². The SMILES string of the molecule is NC(CC(=O)NC1CCN2CCCCC12)=NO. The molecule has 0 aromatic rings. The van der Waals surface area contributed by atoms with Gasteiger partial charge in [0.25, 0.3) is 0 Å². The second-order valence-corrected chi connectivity index (χ2v) is 4.83. The number of hydrogen-bond acceptors (Lipinski definition) is 4. The molecular formula is C11H20N4O2. The molecule has 2 heterocycles. The van der Waals surface area contributed by atoms with Gasteiger partial charge in [-0.1, -0.05) is 11.6 Å². The lowest BCUT2D eigenvalue weighted by molar-refractivity contribution is -0.120. The summed E-state index contributed by atoms with van der Waals surface area (Å²) in [5.74, 6) is -0.196. The van der Waals surface area contributed by atoms with Crippen LogP contribution in [0, 0.1) is 0 Å². The van der Waals surface area contributed by atoms with E-state index in [2.05, 4.69) is 15.4 Å². The van der Waals surface area contributed by atoms with Gasteiger partial charge in [0.1, 0.15) is 5.84 Å². The monoisotopic (exact) mass is 240 g/mol. The van der Waals surface area contributed by atoms with E-state index in [1.165, 1.54) is 12.8 Å². The molecule has 2 rings (SSSR count). The Morgan fingerprint density at radius 1 is 1.41 bits per heavy atom. The zero-order valence-electron chi connectivity index (χ0n) is 9.93. The highest BCUT2D eigenvalue weighted by Gasteiger charge is 2.36. The van der Waals surface area contributed by atoms with Gasteiger partial charge in [-0.05, 0) is 25.8 Å². The summed E-state index contributed by atoms with van der Waals surface area (Å²) in [6, 6.07) is 0.717. The average Bonchev–Trinajstić information content (AvgIpc) is 2.72. The summed E-state index contributed by atoms with van der Waals surface area (Å²) in [5, 5.41) is 14.2. The van der Waals surface area contributed by atoms with Crippen LogP contribution in [0.5, 0.6) is 0 Å². The number of nitrogens with two attached hydrogens (primary N) is 1. The van der Waals surface area contributed by atoms with E-state index in [1.807, 2.05) is 0 Å². The quantitative estimate of drug-likeness (QED) is 0.277. The third-order valence-corrected chi connectivity index (χ3v) is 3.67. The fourth-order valence-corrected chi connectivity index (χ4v) is 2.87. The molecule has 6 nitrogen and oxygen atoms in total. The van der Waals surface area contributed by atoms with Crippen molar-refractivity contribution in [1.82, 2.24) is 10.2 Å². The Labute approximate surface area is 101 Å². The van der Waals surface area contributed by atoms with Crippen LogP contribution in [0.2, 0.25) is 0 Å². The van der Waals surface area contributed by atoms with E-state index in [0.29, 0.717) is 6.04 Å². The lowest BCUT2D eigenvalue weighted by Gasteiger charge is -2.32. The van der Waals surface area contributed by atoms with E-state index in [0.717, 1.165) is 25.9 Å². The third kappa shape index (κ3) is 2.88.